The number of para-hydroxylation sites is 1. The van der Waals surface area contributed by atoms with Gasteiger partial charge in [-0.3, -0.25) is 4.79 Å². The second-order valence-corrected chi connectivity index (χ2v) is 7.63. The molecule has 0 aliphatic heterocycles. The van der Waals surface area contributed by atoms with Gasteiger partial charge >= 0.3 is 0 Å². The quantitative estimate of drug-likeness (QED) is 0.843. The highest BCUT2D eigenvalue weighted by Crippen LogP contribution is 2.20. The maximum Gasteiger partial charge on any atom is 0.255 e. The van der Waals surface area contributed by atoms with Crippen molar-refractivity contribution in [3.63, 3.8) is 0 Å². The normalized spacial score (nSPS) is 11.3. The molecule has 2 aromatic carbocycles. The first-order valence-corrected chi connectivity index (χ1v) is 9.62. The number of nitrogens with one attached hydrogen (secondary N) is 2. The zero-order valence-corrected chi connectivity index (χ0v) is 14.9. The Morgan fingerprint density at radius 3 is 2.50 bits per heavy atom. The molecule has 2 aromatic rings. The summed E-state index contributed by atoms with van der Waals surface area (Å²) < 4.78 is 23.6. The summed E-state index contributed by atoms with van der Waals surface area (Å²) in [6.07, 6.45) is 1.14. The van der Waals surface area contributed by atoms with E-state index >= 15 is 0 Å². The Labute approximate surface area is 143 Å². The van der Waals surface area contributed by atoms with E-state index in [1.54, 1.807) is 19.1 Å². The third kappa shape index (κ3) is 4.43. The number of rotatable bonds is 6. The molecule has 0 saturated carbocycles. The Morgan fingerprint density at radius 2 is 1.83 bits per heavy atom. The van der Waals surface area contributed by atoms with Gasteiger partial charge in [-0.1, -0.05) is 31.2 Å². The van der Waals surface area contributed by atoms with Crippen molar-refractivity contribution < 1.29 is 13.2 Å². The molecule has 6 heteroatoms. The maximum absolute atomic E-state index is 12.5. The molecule has 0 saturated heterocycles. The van der Waals surface area contributed by atoms with Crippen LogP contribution < -0.4 is 10.6 Å². The second-order valence-electron chi connectivity index (χ2n) is 5.64. The van der Waals surface area contributed by atoms with Crippen molar-refractivity contribution in [1.82, 2.24) is 5.32 Å². The molecule has 0 atom stereocenters. The van der Waals surface area contributed by atoms with Crippen LogP contribution in [0.15, 0.2) is 47.4 Å². The van der Waals surface area contributed by atoms with E-state index < -0.39 is 9.84 Å². The lowest BCUT2D eigenvalue weighted by molar-refractivity contribution is 0.102. The fourth-order valence-corrected chi connectivity index (χ4v) is 3.39. The van der Waals surface area contributed by atoms with Crippen LogP contribution in [0.1, 0.15) is 28.4 Å². The molecule has 0 fully saturated rings. The van der Waals surface area contributed by atoms with Gasteiger partial charge in [0.15, 0.2) is 9.84 Å². The van der Waals surface area contributed by atoms with Crippen LogP contribution in [0.5, 0.6) is 0 Å². The molecule has 2 N–H and O–H groups in total. The van der Waals surface area contributed by atoms with Gasteiger partial charge in [0.25, 0.3) is 5.91 Å². The molecule has 128 valence electrons. The van der Waals surface area contributed by atoms with Gasteiger partial charge in [0.2, 0.25) is 0 Å². The number of benzene rings is 2. The summed E-state index contributed by atoms with van der Waals surface area (Å²) in [6, 6.07) is 12.2. The third-order valence-corrected chi connectivity index (χ3v) is 4.92. The lowest BCUT2D eigenvalue weighted by Gasteiger charge is -2.12. The van der Waals surface area contributed by atoms with Crippen LogP contribution in [0, 0.1) is 6.92 Å². The highest BCUT2D eigenvalue weighted by atomic mass is 32.2. The van der Waals surface area contributed by atoms with Gasteiger partial charge in [-0.2, -0.15) is 0 Å². The van der Waals surface area contributed by atoms with E-state index in [2.05, 4.69) is 10.6 Å². The number of hydrogen-bond acceptors (Lipinski definition) is 4. The minimum atomic E-state index is -3.37. The third-order valence-electron chi connectivity index (χ3n) is 3.68. The highest BCUT2D eigenvalue weighted by Gasteiger charge is 2.15. The number of aryl methyl sites for hydroxylation is 1. The van der Waals surface area contributed by atoms with Gasteiger partial charge in [0, 0.05) is 24.1 Å². The monoisotopic (exact) mass is 346 g/mol. The Balaban J connectivity index is 2.28. The first-order valence-electron chi connectivity index (χ1n) is 7.73. The molecule has 0 bridgehead atoms. The molecular weight excluding hydrogens is 324 g/mol. The number of carbonyl (C=O) groups is 1. The Kier molecular flexibility index (Phi) is 5.75. The van der Waals surface area contributed by atoms with Crippen molar-refractivity contribution in [2.75, 3.05) is 18.1 Å². The smallest absolute Gasteiger partial charge is 0.255 e. The van der Waals surface area contributed by atoms with Crippen molar-refractivity contribution in [3.05, 3.63) is 59.2 Å². The summed E-state index contributed by atoms with van der Waals surface area (Å²) in [5.41, 5.74) is 2.63. The zero-order valence-electron chi connectivity index (χ0n) is 14.1. The minimum absolute atomic E-state index is 0.177. The van der Waals surface area contributed by atoms with E-state index in [1.165, 1.54) is 6.07 Å². The fourth-order valence-electron chi connectivity index (χ4n) is 2.39. The highest BCUT2D eigenvalue weighted by molar-refractivity contribution is 7.90. The lowest BCUT2D eigenvalue weighted by Crippen LogP contribution is -2.17. The van der Waals surface area contributed by atoms with Crippen molar-refractivity contribution in [2.24, 2.45) is 0 Å². The van der Waals surface area contributed by atoms with E-state index in [0.717, 1.165) is 18.4 Å². The van der Waals surface area contributed by atoms with Crippen molar-refractivity contribution in [2.45, 2.75) is 25.3 Å². The molecule has 2 rings (SSSR count). The molecule has 0 aliphatic carbocycles. The largest absolute Gasteiger partial charge is 0.322 e. The Morgan fingerprint density at radius 1 is 1.12 bits per heavy atom. The summed E-state index contributed by atoms with van der Waals surface area (Å²) in [5, 5.41) is 6.08. The first-order chi connectivity index (χ1) is 11.3. The lowest BCUT2D eigenvalue weighted by atomic mass is 10.1. The van der Waals surface area contributed by atoms with Crippen molar-refractivity contribution in [1.29, 1.82) is 0 Å². The number of hydrogen-bond donors (Lipinski definition) is 2. The first kappa shape index (κ1) is 18.2. The van der Waals surface area contributed by atoms with E-state index in [4.69, 9.17) is 0 Å². The molecular formula is C18H22N2O3S. The molecule has 0 spiro atoms. The predicted molar refractivity (Wildman–Crippen MR) is 96.1 cm³/mol. The number of carbonyl (C=O) groups excluding carboxylic acids is 1. The van der Waals surface area contributed by atoms with Gasteiger partial charge in [0.05, 0.1) is 4.90 Å². The molecule has 24 heavy (non-hydrogen) atoms. The molecule has 0 unspecified atom stereocenters. The minimum Gasteiger partial charge on any atom is -0.322 e. The maximum atomic E-state index is 12.5. The van der Waals surface area contributed by atoms with Crippen LogP contribution in [0.3, 0.4) is 0 Å². The van der Waals surface area contributed by atoms with Gasteiger partial charge in [-0.25, -0.2) is 8.42 Å². The number of anilines is 1. The van der Waals surface area contributed by atoms with Crippen LogP contribution in [-0.2, 0) is 16.4 Å². The summed E-state index contributed by atoms with van der Waals surface area (Å²) in [5.74, 6) is -0.330. The molecule has 0 heterocycles. The number of amides is 1. The fraction of sp³-hybridized carbons (Fsp3) is 0.278. The zero-order chi connectivity index (χ0) is 17.7. The molecule has 0 radical (unpaired) electrons. The Bertz CT molecular complexity index is 845. The summed E-state index contributed by atoms with van der Waals surface area (Å²) >= 11 is 0. The average molecular weight is 346 g/mol. The van der Waals surface area contributed by atoms with Crippen molar-refractivity contribution in [3.8, 4) is 0 Å². The molecule has 0 aliphatic rings. The Hall–Kier alpha value is -2.18. The van der Waals surface area contributed by atoms with E-state index in [-0.39, 0.29) is 10.8 Å². The van der Waals surface area contributed by atoms with Crippen molar-refractivity contribution >= 4 is 21.4 Å². The second kappa shape index (κ2) is 7.59. The van der Waals surface area contributed by atoms with Crippen LogP contribution in [0.4, 0.5) is 5.69 Å². The SMILES string of the molecule is CCNCc1ccccc1NC(=O)c1ccc(C)c(S(C)(=O)=O)c1. The van der Waals surface area contributed by atoms with Gasteiger partial charge in [0.1, 0.15) is 0 Å². The van der Waals surface area contributed by atoms with Crippen LogP contribution in [0.25, 0.3) is 0 Å². The summed E-state index contributed by atoms with van der Waals surface area (Å²) in [4.78, 5) is 12.7. The van der Waals surface area contributed by atoms with Gasteiger partial charge in [-0.05, 0) is 42.8 Å². The van der Waals surface area contributed by atoms with Gasteiger partial charge < -0.3 is 10.6 Å². The van der Waals surface area contributed by atoms with Gasteiger partial charge in [-0.15, -0.1) is 0 Å². The van der Waals surface area contributed by atoms with Crippen LogP contribution >= 0.6 is 0 Å². The summed E-state index contributed by atoms with van der Waals surface area (Å²) in [6.45, 7) is 5.21. The van der Waals surface area contributed by atoms with E-state index in [0.29, 0.717) is 23.4 Å². The molecule has 0 aromatic heterocycles. The standard InChI is InChI=1S/C18H22N2O3S/c1-4-19-12-15-7-5-6-8-16(15)20-18(21)14-10-9-13(2)17(11-14)24(3,22)23/h5-11,19H,4,12H2,1-3H3,(H,20,21). The van der Waals surface area contributed by atoms with E-state index in [1.807, 2.05) is 31.2 Å². The van der Waals surface area contributed by atoms with E-state index in [9.17, 15) is 13.2 Å². The molecule has 1 amide bonds. The molecule has 5 nitrogen and oxygen atoms in total. The van der Waals surface area contributed by atoms with Crippen LogP contribution in [0.2, 0.25) is 0 Å². The number of sulfone groups is 1. The topological polar surface area (TPSA) is 75.3 Å². The van der Waals surface area contributed by atoms with Crippen LogP contribution in [-0.4, -0.2) is 27.1 Å². The summed E-state index contributed by atoms with van der Waals surface area (Å²) in [7, 11) is -3.37. The predicted octanol–water partition coefficient (Wildman–Crippen LogP) is 2.76. The average Bonchev–Trinajstić information content (AvgIpc) is 2.53.